The van der Waals surface area contributed by atoms with Crippen LogP contribution in [0.15, 0.2) is 0 Å². The van der Waals surface area contributed by atoms with Gasteiger partial charge in [-0.1, -0.05) is 34.6 Å². The molecule has 1 fully saturated rings. The summed E-state index contributed by atoms with van der Waals surface area (Å²) >= 11 is 0. The highest BCUT2D eigenvalue weighted by atomic mass is 14.5. The second-order valence-electron chi connectivity index (χ2n) is 5.08. The van der Waals surface area contributed by atoms with Crippen molar-refractivity contribution < 1.29 is 1.37 Å². The first-order chi connectivity index (χ1) is 4.66. The van der Waals surface area contributed by atoms with E-state index in [-0.39, 0.29) is 5.89 Å². The third-order valence-electron chi connectivity index (χ3n) is 3.32. The minimum atomic E-state index is -0.188. The average Bonchev–Trinajstić information content (AvgIpc) is 1.66. The molecule has 0 unspecified atom stereocenters. The summed E-state index contributed by atoms with van der Waals surface area (Å²) in [6.07, 6.45) is 2.07. The van der Waals surface area contributed by atoms with Crippen molar-refractivity contribution in [2.45, 2.75) is 47.5 Å². The van der Waals surface area contributed by atoms with Gasteiger partial charge in [-0.25, -0.2) is 0 Å². The van der Waals surface area contributed by atoms with Crippen molar-refractivity contribution in [2.24, 2.45) is 16.7 Å². The molecule has 0 heteroatoms. The number of hydrogen-bond acceptors (Lipinski definition) is 0. The minimum absolute atomic E-state index is 0.188. The zero-order chi connectivity index (χ0) is 8.91. The predicted molar refractivity (Wildman–Crippen MR) is 46.0 cm³/mol. The van der Waals surface area contributed by atoms with E-state index in [4.69, 9.17) is 1.37 Å². The van der Waals surface area contributed by atoms with Crippen LogP contribution in [0, 0.1) is 16.7 Å². The van der Waals surface area contributed by atoms with Crippen LogP contribution in [0.4, 0.5) is 0 Å². The normalized spacial score (nSPS) is 35.5. The van der Waals surface area contributed by atoms with Gasteiger partial charge in [0.25, 0.3) is 0 Å². The van der Waals surface area contributed by atoms with Gasteiger partial charge in [-0.2, -0.15) is 0 Å². The van der Waals surface area contributed by atoms with Gasteiger partial charge < -0.3 is 0 Å². The lowest BCUT2D eigenvalue weighted by atomic mass is 9.71. The molecule has 0 aliphatic heterocycles. The Morgan fingerprint density at radius 3 is 1.50 bits per heavy atom. The van der Waals surface area contributed by atoms with Gasteiger partial charge in [-0.05, 0) is 29.6 Å². The van der Waals surface area contributed by atoms with Crippen LogP contribution in [0.2, 0.25) is 0 Å². The molecule has 0 N–H and O–H groups in total. The van der Waals surface area contributed by atoms with Crippen molar-refractivity contribution >= 4 is 0 Å². The fourth-order valence-corrected chi connectivity index (χ4v) is 2.05. The van der Waals surface area contributed by atoms with E-state index in [0.717, 1.165) is 12.8 Å². The Morgan fingerprint density at radius 2 is 1.40 bits per heavy atom. The molecule has 0 amide bonds. The van der Waals surface area contributed by atoms with E-state index in [1.54, 1.807) is 0 Å². The quantitative estimate of drug-likeness (QED) is 0.484. The Bertz CT molecular complexity index is 148. The molecular weight excluding hydrogens is 120 g/mol. The summed E-state index contributed by atoms with van der Waals surface area (Å²) in [5.74, 6) is -0.188. The monoisotopic (exact) mass is 141 g/mol. The maximum absolute atomic E-state index is 8.00. The topological polar surface area (TPSA) is 0 Å². The molecule has 0 spiro atoms. The predicted octanol–water partition coefficient (Wildman–Crippen LogP) is 3.47. The molecule has 0 nitrogen and oxygen atoms in total. The molecule has 1 rings (SSSR count). The number of rotatable bonds is 0. The van der Waals surface area contributed by atoms with Gasteiger partial charge in [-0.3, -0.25) is 0 Å². The summed E-state index contributed by atoms with van der Waals surface area (Å²) in [6, 6.07) is 0. The van der Waals surface area contributed by atoms with Crippen molar-refractivity contribution in [1.29, 1.82) is 0 Å². The Labute approximate surface area is 66.4 Å². The third kappa shape index (κ3) is 1.09. The maximum atomic E-state index is 8.00. The molecule has 1 aliphatic rings. The fourth-order valence-electron chi connectivity index (χ4n) is 2.05. The van der Waals surface area contributed by atoms with Crippen LogP contribution in [0.1, 0.15) is 48.8 Å². The molecule has 0 aromatic carbocycles. The SMILES string of the molecule is [2H]C1(C)CC(C)(C)C(C)(C)C1. The smallest absolute Gasteiger partial charge is 0.0300 e. The molecule has 10 heavy (non-hydrogen) atoms. The van der Waals surface area contributed by atoms with Crippen LogP contribution in [0.5, 0.6) is 0 Å². The molecule has 0 heterocycles. The zero-order valence-corrected chi connectivity index (χ0v) is 7.91. The Morgan fingerprint density at radius 1 is 1.10 bits per heavy atom. The van der Waals surface area contributed by atoms with E-state index in [0.29, 0.717) is 10.8 Å². The fraction of sp³-hybridized carbons (Fsp3) is 1.00. The second kappa shape index (κ2) is 1.99. The largest absolute Gasteiger partial charge is 0.0625 e. The lowest BCUT2D eigenvalue weighted by molar-refractivity contribution is 0.157. The van der Waals surface area contributed by atoms with E-state index < -0.39 is 0 Å². The van der Waals surface area contributed by atoms with Gasteiger partial charge in [0, 0.05) is 1.37 Å². The van der Waals surface area contributed by atoms with E-state index in [2.05, 4.69) is 34.6 Å². The first-order valence-electron chi connectivity index (χ1n) is 4.66. The molecule has 0 radical (unpaired) electrons. The van der Waals surface area contributed by atoms with Gasteiger partial charge in [0.15, 0.2) is 0 Å². The summed E-state index contributed by atoms with van der Waals surface area (Å²) in [7, 11) is 0. The molecule has 0 saturated heterocycles. The van der Waals surface area contributed by atoms with Crippen LogP contribution in [0.3, 0.4) is 0 Å². The summed E-state index contributed by atoms with van der Waals surface area (Å²) < 4.78 is 8.00. The summed E-state index contributed by atoms with van der Waals surface area (Å²) in [6.45, 7) is 11.2. The lowest BCUT2D eigenvalue weighted by Gasteiger charge is -2.34. The molecule has 60 valence electrons. The van der Waals surface area contributed by atoms with Gasteiger partial charge in [0.1, 0.15) is 0 Å². The van der Waals surface area contributed by atoms with E-state index in [1.807, 2.05) is 0 Å². The van der Waals surface area contributed by atoms with Crippen LogP contribution >= 0.6 is 0 Å². The van der Waals surface area contributed by atoms with Crippen molar-refractivity contribution in [3.05, 3.63) is 0 Å². The molecule has 0 aromatic rings. The van der Waals surface area contributed by atoms with Gasteiger partial charge >= 0.3 is 0 Å². The lowest BCUT2D eigenvalue weighted by Crippen LogP contribution is -2.25. The molecule has 0 atom stereocenters. The Kier molecular flexibility index (Phi) is 1.33. The highest BCUT2D eigenvalue weighted by Gasteiger charge is 2.44. The zero-order valence-electron chi connectivity index (χ0n) is 8.91. The highest BCUT2D eigenvalue weighted by Crippen LogP contribution is 2.54. The third-order valence-corrected chi connectivity index (χ3v) is 3.32. The molecule has 1 aliphatic carbocycles. The van der Waals surface area contributed by atoms with Gasteiger partial charge in [-0.15, -0.1) is 0 Å². The molecule has 0 aromatic heterocycles. The van der Waals surface area contributed by atoms with Crippen molar-refractivity contribution in [1.82, 2.24) is 0 Å². The minimum Gasteiger partial charge on any atom is -0.0625 e. The Hall–Kier alpha value is 0. The summed E-state index contributed by atoms with van der Waals surface area (Å²) in [5.41, 5.74) is 0.674. The van der Waals surface area contributed by atoms with E-state index in [1.165, 1.54) is 0 Å². The van der Waals surface area contributed by atoms with Crippen molar-refractivity contribution in [2.75, 3.05) is 0 Å². The van der Waals surface area contributed by atoms with Crippen molar-refractivity contribution in [3.8, 4) is 0 Å². The molecule has 1 saturated carbocycles. The second-order valence-corrected chi connectivity index (χ2v) is 5.08. The summed E-state index contributed by atoms with van der Waals surface area (Å²) in [5, 5.41) is 0. The van der Waals surface area contributed by atoms with E-state index >= 15 is 0 Å². The van der Waals surface area contributed by atoms with Crippen LogP contribution in [-0.2, 0) is 0 Å². The highest BCUT2D eigenvalue weighted by molar-refractivity contribution is 4.94. The molecular formula is C10H20. The Balaban J connectivity index is 2.89. The standard InChI is InChI=1S/C10H20/c1-8-6-9(2,3)10(4,5)7-8/h8H,6-7H2,1-5H3/i8D. The van der Waals surface area contributed by atoms with Crippen LogP contribution in [0.25, 0.3) is 0 Å². The summed E-state index contributed by atoms with van der Waals surface area (Å²) in [4.78, 5) is 0. The average molecular weight is 141 g/mol. The van der Waals surface area contributed by atoms with Crippen LogP contribution in [-0.4, -0.2) is 0 Å². The van der Waals surface area contributed by atoms with Crippen molar-refractivity contribution in [3.63, 3.8) is 0 Å². The first-order valence-corrected chi connectivity index (χ1v) is 4.16. The van der Waals surface area contributed by atoms with Gasteiger partial charge in [0.2, 0.25) is 0 Å². The number of hydrogen-bond donors (Lipinski definition) is 0. The van der Waals surface area contributed by atoms with Crippen LogP contribution < -0.4 is 0 Å². The first kappa shape index (κ1) is 6.69. The molecule has 0 bridgehead atoms. The van der Waals surface area contributed by atoms with E-state index in [9.17, 15) is 0 Å². The maximum Gasteiger partial charge on any atom is 0.0300 e. The van der Waals surface area contributed by atoms with Gasteiger partial charge in [0.05, 0.1) is 0 Å².